The Balaban J connectivity index is 2.67. The molecule has 0 unspecified atom stereocenters. The standard InChI is InChI=1S/C9H17N3O2S/c1-4-9(2,3)7-11-15(13,14)8-5-6-10-12-8/h5-6,11H,4,7H2,1-3H3,(H,10,12). The fraction of sp³-hybridized carbons (Fsp3) is 0.667. The van der Waals surface area contributed by atoms with Gasteiger partial charge in [-0.05, 0) is 17.9 Å². The maximum Gasteiger partial charge on any atom is 0.257 e. The molecule has 0 radical (unpaired) electrons. The van der Waals surface area contributed by atoms with E-state index in [-0.39, 0.29) is 10.4 Å². The molecule has 0 aliphatic rings. The number of nitrogens with zero attached hydrogens (tertiary/aromatic N) is 1. The molecule has 1 rings (SSSR count). The van der Waals surface area contributed by atoms with Gasteiger partial charge in [0.05, 0.1) is 6.20 Å². The summed E-state index contributed by atoms with van der Waals surface area (Å²) in [6.07, 6.45) is 2.33. The van der Waals surface area contributed by atoms with Crippen molar-refractivity contribution in [1.29, 1.82) is 0 Å². The molecule has 0 aliphatic heterocycles. The number of H-pyrrole nitrogens is 1. The summed E-state index contributed by atoms with van der Waals surface area (Å²) in [5.74, 6) is 0. The van der Waals surface area contributed by atoms with Gasteiger partial charge in [0.25, 0.3) is 10.0 Å². The summed E-state index contributed by atoms with van der Waals surface area (Å²) >= 11 is 0. The zero-order valence-electron chi connectivity index (χ0n) is 9.24. The molecule has 15 heavy (non-hydrogen) atoms. The molecule has 0 saturated carbocycles. The average molecular weight is 231 g/mol. The fourth-order valence-corrected chi connectivity index (χ4v) is 2.04. The van der Waals surface area contributed by atoms with E-state index in [1.54, 1.807) is 0 Å². The molecule has 1 heterocycles. The molecule has 6 heteroatoms. The highest BCUT2D eigenvalue weighted by Gasteiger charge is 2.21. The number of hydrogen-bond acceptors (Lipinski definition) is 3. The molecule has 1 aromatic rings. The van der Waals surface area contributed by atoms with Crippen LogP contribution in [0.1, 0.15) is 27.2 Å². The lowest BCUT2D eigenvalue weighted by atomic mass is 9.91. The minimum Gasteiger partial charge on any atom is -0.266 e. The number of hydrogen-bond donors (Lipinski definition) is 2. The van der Waals surface area contributed by atoms with E-state index in [9.17, 15) is 8.42 Å². The third-order valence-corrected chi connectivity index (χ3v) is 3.79. The molecule has 1 aromatic heterocycles. The maximum absolute atomic E-state index is 11.7. The summed E-state index contributed by atoms with van der Waals surface area (Å²) in [5, 5.41) is 6.15. The Kier molecular flexibility index (Phi) is 3.51. The Hall–Kier alpha value is -0.880. The van der Waals surface area contributed by atoms with Crippen LogP contribution in [0.3, 0.4) is 0 Å². The molecular formula is C9H17N3O2S. The van der Waals surface area contributed by atoms with Crippen molar-refractivity contribution in [2.45, 2.75) is 32.2 Å². The van der Waals surface area contributed by atoms with E-state index in [0.717, 1.165) is 6.42 Å². The van der Waals surface area contributed by atoms with E-state index in [1.807, 2.05) is 20.8 Å². The normalized spacial score (nSPS) is 13.0. The van der Waals surface area contributed by atoms with Gasteiger partial charge in [0.2, 0.25) is 0 Å². The molecule has 0 aliphatic carbocycles. The van der Waals surface area contributed by atoms with Crippen molar-refractivity contribution in [3.8, 4) is 0 Å². The van der Waals surface area contributed by atoms with Gasteiger partial charge in [0, 0.05) is 6.54 Å². The topological polar surface area (TPSA) is 74.8 Å². The van der Waals surface area contributed by atoms with Crippen LogP contribution in [0.15, 0.2) is 17.3 Å². The Morgan fingerprint density at radius 1 is 1.53 bits per heavy atom. The molecule has 0 fully saturated rings. The predicted molar refractivity (Wildman–Crippen MR) is 57.8 cm³/mol. The molecular weight excluding hydrogens is 214 g/mol. The summed E-state index contributed by atoms with van der Waals surface area (Å²) in [4.78, 5) is 0. The Morgan fingerprint density at radius 3 is 2.67 bits per heavy atom. The highest BCUT2D eigenvalue weighted by molar-refractivity contribution is 7.89. The van der Waals surface area contributed by atoms with Crippen molar-refractivity contribution in [3.05, 3.63) is 12.3 Å². The second kappa shape index (κ2) is 4.32. The third kappa shape index (κ3) is 3.32. The number of aromatic nitrogens is 2. The highest BCUT2D eigenvalue weighted by Crippen LogP contribution is 2.18. The van der Waals surface area contributed by atoms with Gasteiger partial charge in [-0.1, -0.05) is 20.8 Å². The monoisotopic (exact) mass is 231 g/mol. The molecule has 0 amide bonds. The van der Waals surface area contributed by atoms with Crippen LogP contribution in [0.4, 0.5) is 0 Å². The van der Waals surface area contributed by atoms with Crippen LogP contribution in [0.25, 0.3) is 0 Å². The fourth-order valence-electron chi connectivity index (χ4n) is 0.886. The summed E-state index contributed by atoms with van der Waals surface area (Å²) < 4.78 is 25.9. The lowest BCUT2D eigenvalue weighted by Crippen LogP contribution is -2.33. The summed E-state index contributed by atoms with van der Waals surface area (Å²) in [5.41, 5.74) is -0.0346. The van der Waals surface area contributed by atoms with Crippen molar-refractivity contribution in [2.75, 3.05) is 6.54 Å². The summed E-state index contributed by atoms with van der Waals surface area (Å²) in [6, 6.07) is 1.43. The van der Waals surface area contributed by atoms with Gasteiger partial charge in [-0.2, -0.15) is 5.10 Å². The van der Waals surface area contributed by atoms with Crippen molar-refractivity contribution in [3.63, 3.8) is 0 Å². The van der Waals surface area contributed by atoms with Crippen molar-refractivity contribution >= 4 is 10.0 Å². The quantitative estimate of drug-likeness (QED) is 0.797. The second-order valence-corrected chi connectivity index (χ2v) is 6.00. The number of sulfonamides is 1. The lowest BCUT2D eigenvalue weighted by molar-refractivity contribution is 0.350. The first-order valence-corrected chi connectivity index (χ1v) is 6.35. The molecule has 0 spiro atoms. The van der Waals surface area contributed by atoms with Gasteiger partial charge in [-0.25, -0.2) is 13.1 Å². The summed E-state index contributed by atoms with van der Waals surface area (Å²) in [7, 11) is -3.43. The lowest BCUT2D eigenvalue weighted by Gasteiger charge is -2.22. The highest BCUT2D eigenvalue weighted by atomic mass is 32.2. The molecule has 0 aromatic carbocycles. The molecule has 0 bridgehead atoms. The molecule has 0 saturated heterocycles. The van der Waals surface area contributed by atoms with Crippen LogP contribution in [-0.2, 0) is 10.0 Å². The number of nitrogens with one attached hydrogen (secondary N) is 2. The Morgan fingerprint density at radius 2 is 2.20 bits per heavy atom. The minimum atomic E-state index is -3.43. The minimum absolute atomic E-state index is 0.0346. The molecule has 5 nitrogen and oxygen atoms in total. The Bertz CT molecular complexity index is 395. The Labute approximate surface area is 90.3 Å². The van der Waals surface area contributed by atoms with Crippen molar-refractivity contribution in [2.24, 2.45) is 5.41 Å². The zero-order valence-corrected chi connectivity index (χ0v) is 10.1. The van der Waals surface area contributed by atoms with Crippen LogP contribution >= 0.6 is 0 Å². The van der Waals surface area contributed by atoms with Crippen molar-refractivity contribution in [1.82, 2.24) is 14.9 Å². The van der Waals surface area contributed by atoms with E-state index in [1.165, 1.54) is 12.3 Å². The van der Waals surface area contributed by atoms with Crippen LogP contribution in [-0.4, -0.2) is 25.2 Å². The first-order valence-electron chi connectivity index (χ1n) is 4.86. The van der Waals surface area contributed by atoms with E-state index in [2.05, 4.69) is 14.9 Å². The third-order valence-electron chi connectivity index (χ3n) is 2.46. The van der Waals surface area contributed by atoms with Crippen molar-refractivity contribution < 1.29 is 8.42 Å². The van der Waals surface area contributed by atoms with Crippen LogP contribution < -0.4 is 4.72 Å². The largest absolute Gasteiger partial charge is 0.266 e. The predicted octanol–water partition coefficient (Wildman–Crippen LogP) is 1.12. The first kappa shape index (κ1) is 12.2. The maximum atomic E-state index is 11.7. The van der Waals surface area contributed by atoms with E-state index in [0.29, 0.717) is 6.54 Å². The second-order valence-electron chi connectivity index (χ2n) is 4.26. The molecule has 2 N–H and O–H groups in total. The molecule has 0 atom stereocenters. The smallest absolute Gasteiger partial charge is 0.257 e. The van der Waals surface area contributed by atoms with E-state index < -0.39 is 10.0 Å². The van der Waals surface area contributed by atoms with Gasteiger partial charge in [-0.3, -0.25) is 5.10 Å². The number of aromatic amines is 1. The summed E-state index contributed by atoms with van der Waals surface area (Å²) in [6.45, 7) is 6.49. The van der Waals surface area contributed by atoms with Gasteiger partial charge >= 0.3 is 0 Å². The SMILES string of the molecule is CCC(C)(C)CNS(=O)(=O)c1ccn[nH]1. The van der Waals surface area contributed by atoms with Crippen LogP contribution in [0, 0.1) is 5.41 Å². The van der Waals surface area contributed by atoms with Gasteiger partial charge in [0.1, 0.15) is 0 Å². The zero-order chi connectivity index (χ0) is 11.5. The first-order chi connectivity index (χ1) is 6.87. The van der Waals surface area contributed by atoms with Gasteiger partial charge < -0.3 is 0 Å². The van der Waals surface area contributed by atoms with Crippen LogP contribution in [0.5, 0.6) is 0 Å². The molecule has 86 valence electrons. The van der Waals surface area contributed by atoms with E-state index in [4.69, 9.17) is 0 Å². The van der Waals surface area contributed by atoms with Gasteiger partial charge in [-0.15, -0.1) is 0 Å². The van der Waals surface area contributed by atoms with E-state index >= 15 is 0 Å². The van der Waals surface area contributed by atoms with Crippen LogP contribution in [0.2, 0.25) is 0 Å². The average Bonchev–Trinajstić information content (AvgIpc) is 2.69. The number of rotatable bonds is 5. The van der Waals surface area contributed by atoms with Gasteiger partial charge in [0.15, 0.2) is 5.03 Å².